The molecule has 4 heteroatoms. The zero-order valence-corrected chi connectivity index (χ0v) is 11.7. The van der Waals surface area contributed by atoms with Crippen LogP contribution in [0.4, 0.5) is 0 Å². The Balaban J connectivity index is 1.77. The summed E-state index contributed by atoms with van der Waals surface area (Å²) in [5.41, 5.74) is -0.136. The summed E-state index contributed by atoms with van der Waals surface area (Å²) in [6.07, 6.45) is 5.07. The fourth-order valence-electron chi connectivity index (χ4n) is 3.03. The molecule has 0 aromatic rings. The van der Waals surface area contributed by atoms with Gasteiger partial charge in [-0.1, -0.05) is 0 Å². The standard InChI is InChI=1S/C14H26N2O2/c1-14(18-2)7-3-9-16(11-14)13(17)5-4-12-6-8-15-10-12/h12,15H,3-11H2,1-2H3. The molecule has 0 aromatic carbocycles. The summed E-state index contributed by atoms with van der Waals surface area (Å²) in [7, 11) is 1.75. The van der Waals surface area contributed by atoms with Crippen molar-refractivity contribution < 1.29 is 9.53 Å². The number of nitrogens with one attached hydrogen (secondary N) is 1. The fourth-order valence-corrected chi connectivity index (χ4v) is 3.03. The predicted octanol–water partition coefficient (Wildman–Crippen LogP) is 1.40. The van der Waals surface area contributed by atoms with E-state index in [1.165, 1.54) is 6.42 Å². The van der Waals surface area contributed by atoms with Gasteiger partial charge in [-0.2, -0.15) is 0 Å². The molecule has 2 atom stereocenters. The number of piperidine rings is 1. The molecule has 18 heavy (non-hydrogen) atoms. The molecule has 2 saturated heterocycles. The molecule has 2 aliphatic heterocycles. The van der Waals surface area contributed by atoms with Crippen molar-refractivity contribution in [3.8, 4) is 0 Å². The SMILES string of the molecule is COC1(C)CCCN(C(=O)CCC2CCNC2)C1. The van der Waals surface area contributed by atoms with Crippen molar-refractivity contribution in [1.82, 2.24) is 10.2 Å². The van der Waals surface area contributed by atoms with E-state index in [4.69, 9.17) is 4.74 Å². The molecule has 2 fully saturated rings. The molecule has 2 heterocycles. The highest BCUT2D eigenvalue weighted by atomic mass is 16.5. The number of likely N-dealkylation sites (tertiary alicyclic amines) is 1. The van der Waals surface area contributed by atoms with Crippen molar-refractivity contribution in [1.29, 1.82) is 0 Å². The van der Waals surface area contributed by atoms with E-state index in [1.807, 2.05) is 4.90 Å². The predicted molar refractivity (Wildman–Crippen MR) is 71.4 cm³/mol. The Hall–Kier alpha value is -0.610. The summed E-state index contributed by atoms with van der Waals surface area (Å²) < 4.78 is 5.53. The summed E-state index contributed by atoms with van der Waals surface area (Å²) in [6, 6.07) is 0. The van der Waals surface area contributed by atoms with Crippen LogP contribution in [0.2, 0.25) is 0 Å². The van der Waals surface area contributed by atoms with E-state index < -0.39 is 0 Å². The lowest BCUT2D eigenvalue weighted by atomic mass is 9.94. The largest absolute Gasteiger partial charge is 0.377 e. The first-order valence-electron chi connectivity index (χ1n) is 7.17. The van der Waals surface area contributed by atoms with Gasteiger partial charge in [-0.3, -0.25) is 4.79 Å². The Labute approximate surface area is 110 Å². The number of ether oxygens (including phenoxy) is 1. The minimum absolute atomic E-state index is 0.136. The monoisotopic (exact) mass is 254 g/mol. The third-order valence-electron chi connectivity index (χ3n) is 4.43. The van der Waals surface area contributed by atoms with Crippen LogP contribution in [0.1, 0.15) is 39.0 Å². The normalized spacial score (nSPS) is 32.8. The minimum Gasteiger partial charge on any atom is -0.377 e. The van der Waals surface area contributed by atoms with Crippen LogP contribution in [0.15, 0.2) is 0 Å². The van der Waals surface area contributed by atoms with Crippen LogP contribution in [0.3, 0.4) is 0 Å². The van der Waals surface area contributed by atoms with E-state index in [9.17, 15) is 4.79 Å². The van der Waals surface area contributed by atoms with Crippen LogP contribution in [0.5, 0.6) is 0 Å². The molecule has 0 saturated carbocycles. The number of carbonyl (C=O) groups excluding carboxylic acids is 1. The van der Waals surface area contributed by atoms with Crippen LogP contribution in [0, 0.1) is 5.92 Å². The van der Waals surface area contributed by atoms with Gasteiger partial charge in [-0.25, -0.2) is 0 Å². The smallest absolute Gasteiger partial charge is 0.222 e. The van der Waals surface area contributed by atoms with Gasteiger partial charge in [0.15, 0.2) is 0 Å². The molecule has 0 aliphatic carbocycles. The van der Waals surface area contributed by atoms with Crippen molar-refractivity contribution in [3.63, 3.8) is 0 Å². The van der Waals surface area contributed by atoms with Crippen molar-refractivity contribution >= 4 is 5.91 Å². The van der Waals surface area contributed by atoms with E-state index in [1.54, 1.807) is 7.11 Å². The number of carbonyl (C=O) groups is 1. The Morgan fingerprint density at radius 3 is 3.06 bits per heavy atom. The van der Waals surface area contributed by atoms with E-state index >= 15 is 0 Å². The first kappa shape index (κ1) is 13.8. The van der Waals surface area contributed by atoms with Crippen molar-refractivity contribution in [2.45, 2.75) is 44.6 Å². The topological polar surface area (TPSA) is 41.6 Å². The van der Waals surface area contributed by atoms with E-state index in [0.29, 0.717) is 18.2 Å². The van der Waals surface area contributed by atoms with Gasteiger partial charge >= 0.3 is 0 Å². The maximum absolute atomic E-state index is 12.2. The molecule has 0 spiro atoms. The van der Waals surface area contributed by atoms with Gasteiger partial charge in [0.25, 0.3) is 0 Å². The molecule has 2 unspecified atom stereocenters. The zero-order chi connectivity index (χ0) is 13.0. The zero-order valence-electron chi connectivity index (χ0n) is 11.7. The first-order valence-corrected chi connectivity index (χ1v) is 7.17. The fraction of sp³-hybridized carbons (Fsp3) is 0.929. The molecule has 1 N–H and O–H groups in total. The van der Waals surface area contributed by atoms with Gasteiger partial charge < -0.3 is 15.0 Å². The van der Waals surface area contributed by atoms with Gasteiger partial charge in [0, 0.05) is 26.6 Å². The second-order valence-electron chi connectivity index (χ2n) is 5.97. The molecule has 1 amide bonds. The van der Waals surface area contributed by atoms with Crippen molar-refractivity contribution in [2.75, 3.05) is 33.3 Å². The molecule has 0 aromatic heterocycles. The molecule has 2 rings (SSSR count). The van der Waals surface area contributed by atoms with Crippen LogP contribution in [0.25, 0.3) is 0 Å². The summed E-state index contributed by atoms with van der Waals surface area (Å²) in [5.74, 6) is 1.01. The summed E-state index contributed by atoms with van der Waals surface area (Å²) in [5, 5.41) is 3.35. The Kier molecular flexibility index (Phi) is 4.62. The summed E-state index contributed by atoms with van der Waals surface area (Å²) in [4.78, 5) is 14.2. The second kappa shape index (κ2) is 6.02. The quantitative estimate of drug-likeness (QED) is 0.824. The van der Waals surface area contributed by atoms with Crippen molar-refractivity contribution in [2.24, 2.45) is 5.92 Å². The third kappa shape index (κ3) is 3.45. The molecule has 0 radical (unpaired) electrons. The van der Waals surface area contributed by atoms with Crippen LogP contribution < -0.4 is 5.32 Å². The number of rotatable bonds is 4. The summed E-state index contributed by atoms with van der Waals surface area (Å²) in [6.45, 7) is 5.96. The van der Waals surface area contributed by atoms with E-state index in [0.717, 1.165) is 45.4 Å². The second-order valence-corrected chi connectivity index (χ2v) is 5.97. The minimum atomic E-state index is -0.136. The van der Waals surface area contributed by atoms with Gasteiger partial charge in [0.1, 0.15) is 0 Å². The maximum Gasteiger partial charge on any atom is 0.222 e. The number of hydrogen-bond donors (Lipinski definition) is 1. The Morgan fingerprint density at radius 2 is 2.39 bits per heavy atom. The van der Waals surface area contributed by atoms with Crippen LogP contribution in [-0.2, 0) is 9.53 Å². The molecular weight excluding hydrogens is 228 g/mol. The maximum atomic E-state index is 12.2. The lowest BCUT2D eigenvalue weighted by Gasteiger charge is -2.39. The summed E-state index contributed by atoms with van der Waals surface area (Å²) >= 11 is 0. The number of methoxy groups -OCH3 is 1. The average Bonchev–Trinajstić information content (AvgIpc) is 2.89. The van der Waals surface area contributed by atoms with Crippen LogP contribution >= 0.6 is 0 Å². The van der Waals surface area contributed by atoms with Gasteiger partial charge in [0.2, 0.25) is 5.91 Å². The van der Waals surface area contributed by atoms with Crippen LogP contribution in [-0.4, -0.2) is 49.7 Å². The average molecular weight is 254 g/mol. The highest BCUT2D eigenvalue weighted by Crippen LogP contribution is 2.25. The lowest BCUT2D eigenvalue weighted by molar-refractivity contribution is -0.139. The van der Waals surface area contributed by atoms with Gasteiger partial charge in [-0.15, -0.1) is 0 Å². The third-order valence-corrected chi connectivity index (χ3v) is 4.43. The molecular formula is C14H26N2O2. The molecule has 0 bridgehead atoms. The Morgan fingerprint density at radius 1 is 1.56 bits per heavy atom. The van der Waals surface area contributed by atoms with Crippen molar-refractivity contribution in [3.05, 3.63) is 0 Å². The number of hydrogen-bond acceptors (Lipinski definition) is 3. The highest BCUT2D eigenvalue weighted by molar-refractivity contribution is 5.76. The van der Waals surface area contributed by atoms with Gasteiger partial charge in [0.05, 0.1) is 5.60 Å². The number of amides is 1. The lowest BCUT2D eigenvalue weighted by Crippen LogP contribution is -2.49. The van der Waals surface area contributed by atoms with Gasteiger partial charge in [-0.05, 0) is 51.6 Å². The molecule has 4 nitrogen and oxygen atoms in total. The molecule has 2 aliphatic rings. The van der Waals surface area contributed by atoms with E-state index in [-0.39, 0.29) is 5.60 Å². The molecule has 104 valence electrons. The van der Waals surface area contributed by atoms with E-state index in [2.05, 4.69) is 12.2 Å². The first-order chi connectivity index (χ1) is 8.63. The Bertz CT molecular complexity index is 290. The highest BCUT2D eigenvalue weighted by Gasteiger charge is 2.32. The number of nitrogens with zero attached hydrogens (tertiary/aromatic N) is 1.